The molecule has 40 heavy (non-hydrogen) atoms. The van der Waals surface area contributed by atoms with Gasteiger partial charge in [0.25, 0.3) is 11.8 Å². The largest absolute Gasteiger partial charge is 0.490 e. The number of carbonyl (C=O) groups excluding carboxylic acids is 3. The molecule has 0 saturated carbocycles. The first-order valence-electron chi connectivity index (χ1n) is 12.2. The van der Waals surface area contributed by atoms with E-state index in [0.717, 1.165) is 11.1 Å². The number of ether oxygens (including phenoxy) is 3. The van der Waals surface area contributed by atoms with Crippen molar-refractivity contribution in [1.82, 2.24) is 0 Å². The van der Waals surface area contributed by atoms with Gasteiger partial charge in [0.2, 0.25) is 0 Å². The summed E-state index contributed by atoms with van der Waals surface area (Å²) in [6.45, 7) is 5.74. The van der Waals surface area contributed by atoms with Gasteiger partial charge in [-0.1, -0.05) is 17.7 Å². The predicted octanol–water partition coefficient (Wildman–Crippen LogP) is 5.81. The van der Waals surface area contributed by atoms with Crippen LogP contribution in [0.3, 0.4) is 0 Å². The minimum atomic E-state index is -0.634. The van der Waals surface area contributed by atoms with Crippen molar-refractivity contribution in [3.05, 3.63) is 86.9 Å². The maximum atomic E-state index is 12.7. The Morgan fingerprint density at radius 2 is 1.73 bits per heavy atom. The summed E-state index contributed by atoms with van der Waals surface area (Å²) in [5.74, 6) is -0.832. The molecule has 0 aliphatic heterocycles. The van der Waals surface area contributed by atoms with E-state index >= 15 is 0 Å². The van der Waals surface area contributed by atoms with Gasteiger partial charge in [0.1, 0.15) is 11.6 Å². The van der Waals surface area contributed by atoms with Crippen molar-refractivity contribution in [2.75, 3.05) is 31.0 Å². The minimum Gasteiger partial charge on any atom is -0.490 e. The molecule has 206 valence electrons. The molecule has 0 bridgehead atoms. The lowest BCUT2D eigenvalue weighted by Gasteiger charge is -2.15. The molecule has 0 heterocycles. The lowest BCUT2D eigenvalue weighted by molar-refractivity contribution is -0.118. The van der Waals surface area contributed by atoms with Crippen LogP contribution in [0.4, 0.5) is 11.4 Å². The molecular weight excluding hydrogens is 578 g/mol. The molecule has 0 aliphatic carbocycles. The van der Waals surface area contributed by atoms with Gasteiger partial charge < -0.3 is 24.8 Å². The highest BCUT2D eigenvalue weighted by Gasteiger charge is 2.16. The Morgan fingerprint density at radius 3 is 2.35 bits per heavy atom. The van der Waals surface area contributed by atoms with E-state index in [9.17, 15) is 19.6 Å². The summed E-state index contributed by atoms with van der Waals surface area (Å²) in [5.41, 5.74) is 3.80. The van der Waals surface area contributed by atoms with Crippen molar-refractivity contribution >= 4 is 51.2 Å². The van der Waals surface area contributed by atoms with Gasteiger partial charge in [0, 0.05) is 11.4 Å². The second kappa shape index (κ2) is 14.0. The van der Waals surface area contributed by atoms with E-state index in [1.54, 1.807) is 19.1 Å². The summed E-state index contributed by atoms with van der Waals surface area (Å²) >= 11 is 3.44. The topological polar surface area (TPSA) is 127 Å². The number of aryl methyl sites for hydroxylation is 2. The number of benzene rings is 3. The van der Waals surface area contributed by atoms with Crippen LogP contribution < -0.4 is 20.1 Å². The highest BCUT2D eigenvalue weighted by Crippen LogP contribution is 2.37. The van der Waals surface area contributed by atoms with Gasteiger partial charge >= 0.3 is 5.97 Å². The summed E-state index contributed by atoms with van der Waals surface area (Å²) in [4.78, 5) is 36.9. The molecule has 0 unspecified atom stereocenters. The van der Waals surface area contributed by atoms with E-state index in [1.165, 1.54) is 37.5 Å². The van der Waals surface area contributed by atoms with Gasteiger partial charge in [-0.2, -0.15) is 5.26 Å². The van der Waals surface area contributed by atoms with Gasteiger partial charge in [-0.15, -0.1) is 0 Å². The second-order valence-corrected chi connectivity index (χ2v) is 9.47. The number of hydrogen-bond donors (Lipinski definition) is 2. The molecule has 3 aromatic carbocycles. The number of amides is 2. The zero-order valence-electron chi connectivity index (χ0n) is 22.5. The summed E-state index contributed by atoms with van der Waals surface area (Å²) < 4.78 is 16.6. The monoisotopic (exact) mass is 605 g/mol. The number of rotatable bonds is 10. The Labute approximate surface area is 240 Å². The quantitative estimate of drug-likeness (QED) is 0.169. The molecule has 2 N–H and O–H groups in total. The molecule has 0 atom stereocenters. The number of anilines is 2. The van der Waals surface area contributed by atoms with Crippen molar-refractivity contribution in [3.8, 4) is 17.6 Å². The van der Waals surface area contributed by atoms with Gasteiger partial charge in [0.15, 0.2) is 18.1 Å². The standard InChI is InChI=1S/C30H28BrN3O6/c1-5-39-26-15-20(13-22(16-32)29(36)33-23-9-7-21(8-10-23)30(37)38-4)14-24(31)28(26)40-17-27(35)34-25-11-6-18(2)12-19(25)3/h6-15H,5,17H2,1-4H3,(H,33,36)(H,34,35)/b22-13-. The van der Waals surface area contributed by atoms with Crippen molar-refractivity contribution in [2.24, 2.45) is 0 Å². The van der Waals surface area contributed by atoms with Crippen molar-refractivity contribution in [1.29, 1.82) is 5.26 Å². The zero-order chi connectivity index (χ0) is 29.2. The zero-order valence-corrected chi connectivity index (χ0v) is 24.0. The number of nitrogens with one attached hydrogen (secondary N) is 2. The number of hydrogen-bond acceptors (Lipinski definition) is 7. The summed E-state index contributed by atoms with van der Waals surface area (Å²) in [6, 6.07) is 17.0. The van der Waals surface area contributed by atoms with Crippen LogP contribution in [0.15, 0.2) is 64.6 Å². The molecule has 3 rings (SSSR count). The van der Waals surface area contributed by atoms with Crippen LogP contribution in [-0.4, -0.2) is 38.1 Å². The second-order valence-electron chi connectivity index (χ2n) is 8.61. The third-order valence-corrected chi connectivity index (χ3v) is 6.16. The van der Waals surface area contributed by atoms with E-state index in [-0.39, 0.29) is 18.1 Å². The first-order chi connectivity index (χ1) is 19.1. The molecular formula is C30H28BrN3O6. The fourth-order valence-electron chi connectivity index (χ4n) is 3.67. The van der Waals surface area contributed by atoms with E-state index in [2.05, 4.69) is 31.3 Å². The fraction of sp³-hybridized carbons (Fsp3) is 0.200. The molecule has 0 radical (unpaired) electrons. The molecule has 0 fully saturated rings. The fourth-order valence-corrected chi connectivity index (χ4v) is 4.25. The van der Waals surface area contributed by atoms with Gasteiger partial charge in [-0.05, 0) is 96.4 Å². The van der Waals surface area contributed by atoms with Crippen molar-refractivity contribution in [2.45, 2.75) is 20.8 Å². The first kappa shape index (κ1) is 29.9. The normalized spacial score (nSPS) is 10.8. The van der Waals surface area contributed by atoms with E-state index in [0.29, 0.717) is 45.1 Å². The summed E-state index contributed by atoms with van der Waals surface area (Å²) in [5, 5.41) is 15.1. The average Bonchev–Trinajstić information content (AvgIpc) is 2.93. The predicted molar refractivity (Wildman–Crippen MR) is 155 cm³/mol. The third-order valence-electron chi connectivity index (χ3n) is 5.58. The van der Waals surface area contributed by atoms with Crippen molar-refractivity contribution in [3.63, 3.8) is 0 Å². The number of halogens is 1. The molecule has 0 spiro atoms. The third kappa shape index (κ3) is 7.94. The Kier molecular flexibility index (Phi) is 10.4. The Hall–Kier alpha value is -4.62. The van der Waals surface area contributed by atoms with Crippen LogP contribution >= 0.6 is 15.9 Å². The minimum absolute atomic E-state index is 0.159. The SMILES string of the molecule is CCOc1cc(/C=C(/C#N)C(=O)Nc2ccc(C(=O)OC)cc2)cc(Br)c1OCC(=O)Nc1ccc(C)cc1C. The Bertz CT molecular complexity index is 1490. The Morgan fingerprint density at radius 1 is 1.00 bits per heavy atom. The number of nitrogens with zero attached hydrogens (tertiary/aromatic N) is 1. The average molecular weight is 606 g/mol. The molecule has 9 nitrogen and oxygen atoms in total. The molecule has 0 aliphatic rings. The number of carbonyl (C=O) groups is 3. The smallest absolute Gasteiger partial charge is 0.337 e. The Balaban J connectivity index is 1.75. The van der Waals surface area contributed by atoms with Gasteiger partial charge in [-0.3, -0.25) is 9.59 Å². The van der Waals surface area contributed by atoms with Crippen LogP contribution in [0.2, 0.25) is 0 Å². The lowest BCUT2D eigenvalue weighted by Crippen LogP contribution is -2.21. The van der Waals surface area contributed by atoms with Crippen LogP contribution in [0, 0.1) is 25.2 Å². The van der Waals surface area contributed by atoms with E-state index in [1.807, 2.05) is 38.1 Å². The van der Waals surface area contributed by atoms with Crippen molar-refractivity contribution < 1.29 is 28.6 Å². The van der Waals surface area contributed by atoms with E-state index in [4.69, 9.17) is 9.47 Å². The van der Waals surface area contributed by atoms with Crippen LogP contribution in [0.1, 0.15) is 34.0 Å². The van der Waals surface area contributed by atoms with Gasteiger partial charge in [-0.25, -0.2) is 4.79 Å². The number of nitriles is 1. The molecule has 0 saturated heterocycles. The molecule has 2 amide bonds. The van der Waals surface area contributed by atoms with Crippen LogP contribution in [-0.2, 0) is 14.3 Å². The maximum absolute atomic E-state index is 12.7. The number of methoxy groups -OCH3 is 1. The maximum Gasteiger partial charge on any atom is 0.337 e. The van der Waals surface area contributed by atoms with E-state index < -0.39 is 11.9 Å². The van der Waals surface area contributed by atoms with Gasteiger partial charge in [0.05, 0.1) is 23.8 Å². The highest BCUT2D eigenvalue weighted by molar-refractivity contribution is 9.10. The molecule has 3 aromatic rings. The first-order valence-corrected chi connectivity index (χ1v) is 13.0. The molecule has 10 heteroatoms. The van der Waals surface area contributed by atoms with Crippen LogP contribution in [0.25, 0.3) is 6.08 Å². The lowest BCUT2D eigenvalue weighted by atomic mass is 10.1. The number of esters is 1. The summed E-state index contributed by atoms with van der Waals surface area (Å²) in [6.07, 6.45) is 1.40. The summed E-state index contributed by atoms with van der Waals surface area (Å²) in [7, 11) is 1.28. The molecule has 0 aromatic heterocycles. The highest BCUT2D eigenvalue weighted by atomic mass is 79.9. The van der Waals surface area contributed by atoms with Crippen LogP contribution in [0.5, 0.6) is 11.5 Å².